The van der Waals surface area contributed by atoms with Crippen molar-refractivity contribution in [2.24, 2.45) is 0 Å². The van der Waals surface area contributed by atoms with Crippen molar-refractivity contribution in [3.8, 4) is 0 Å². The third-order valence-electron chi connectivity index (χ3n) is 3.59. The molecule has 0 bridgehead atoms. The minimum absolute atomic E-state index is 0.354. The smallest absolute Gasteiger partial charge is 0.407 e. The van der Waals surface area contributed by atoms with E-state index in [9.17, 15) is 13.2 Å². The molecule has 0 saturated carbocycles. The molecule has 0 radical (unpaired) electrons. The number of hydrogen-bond donors (Lipinski definition) is 2. The van der Waals surface area contributed by atoms with Gasteiger partial charge in [0.15, 0.2) is 0 Å². The summed E-state index contributed by atoms with van der Waals surface area (Å²) >= 11 is 0. The molecule has 1 aliphatic heterocycles. The van der Waals surface area contributed by atoms with Crippen LogP contribution in [0.5, 0.6) is 0 Å². The number of rotatable bonds is 4. The molecule has 2 N–H and O–H groups in total. The second-order valence-electron chi connectivity index (χ2n) is 5.48. The molecule has 22 heavy (non-hydrogen) atoms. The molecular weight excluding hydrogens is 304 g/mol. The molecule has 1 aliphatic rings. The molecule has 1 aromatic carbocycles. The quantitative estimate of drug-likeness (QED) is 0.891. The fourth-order valence-electron chi connectivity index (χ4n) is 2.17. The van der Waals surface area contributed by atoms with Crippen LogP contribution in [0.1, 0.15) is 25.8 Å². The maximum atomic E-state index is 11.9. The minimum Gasteiger partial charge on any atom is -0.465 e. The van der Waals surface area contributed by atoms with Crippen LogP contribution in [0, 0.1) is 0 Å². The van der Waals surface area contributed by atoms with E-state index < -0.39 is 21.4 Å². The van der Waals surface area contributed by atoms with E-state index in [-0.39, 0.29) is 0 Å². The highest BCUT2D eigenvalue weighted by Crippen LogP contribution is 2.25. The van der Waals surface area contributed by atoms with E-state index in [0.29, 0.717) is 25.2 Å². The van der Waals surface area contributed by atoms with Crippen LogP contribution in [0.3, 0.4) is 0 Å². The van der Waals surface area contributed by atoms with Gasteiger partial charge in [-0.05, 0) is 43.5 Å². The molecule has 0 aromatic heterocycles. The van der Waals surface area contributed by atoms with Crippen LogP contribution in [0.25, 0.3) is 5.57 Å². The number of sulfonamides is 1. The Morgan fingerprint density at radius 2 is 2.09 bits per heavy atom. The average molecular weight is 324 g/mol. The van der Waals surface area contributed by atoms with Crippen LogP contribution in [0.2, 0.25) is 0 Å². The fraction of sp³-hybridized carbons (Fsp3) is 0.400. The maximum Gasteiger partial charge on any atom is 0.407 e. The van der Waals surface area contributed by atoms with E-state index in [1.54, 1.807) is 32.0 Å². The van der Waals surface area contributed by atoms with Crippen LogP contribution in [0.4, 0.5) is 10.5 Å². The van der Waals surface area contributed by atoms with Crippen molar-refractivity contribution in [1.82, 2.24) is 4.90 Å². The second-order valence-corrected chi connectivity index (χ2v) is 7.72. The lowest BCUT2D eigenvalue weighted by Gasteiger charge is -2.24. The predicted molar refractivity (Wildman–Crippen MR) is 86.3 cm³/mol. The van der Waals surface area contributed by atoms with Crippen LogP contribution < -0.4 is 4.72 Å². The topological polar surface area (TPSA) is 86.7 Å². The lowest BCUT2D eigenvalue weighted by molar-refractivity contribution is 0.150. The molecule has 1 heterocycles. The Kier molecular flexibility index (Phi) is 4.75. The first-order valence-electron chi connectivity index (χ1n) is 7.08. The van der Waals surface area contributed by atoms with Crippen molar-refractivity contribution in [3.05, 3.63) is 35.9 Å². The molecule has 0 atom stereocenters. The van der Waals surface area contributed by atoms with Gasteiger partial charge in [-0.15, -0.1) is 0 Å². The Bertz CT molecular complexity index is 695. The zero-order valence-corrected chi connectivity index (χ0v) is 13.4. The van der Waals surface area contributed by atoms with E-state index in [1.165, 1.54) is 4.90 Å². The summed E-state index contributed by atoms with van der Waals surface area (Å²) in [6.07, 6.45) is 1.56. The van der Waals surface area contributed by atoms with Crippen molar-refractivity contribution in [2.75, 3.05) is 17.8 Å². The molecule has 0 fully saturated rings. The fourth-order valence-corrected chi connectivity index (χ4v) is 2.86. The summed E-state index contributed by atoms with van der Waals surface area (Å²) in [6.45, 7) is 4.04. The van der Waals surface area contributed by atoms with E-state index in [2.05, 4.69) is 4.72 Å². The highest BCUT2D eigenvalue weighted by molar-refractivity contribution is 7.93. The monoisotopic (exact) mass is 324 g/mol. The van der Waals surface area contributed by atoms with Crippen molar-refractivity contribution in [1.29, 1.82) is 0 Å². The Morgan fingerprint density at radius 1 is 1.36 bits per heavy atom. The SMILES string of the molecule is CC(C)S(=O)(=O)Nc1cccc(C2=CCN(C(=O)O)CC2)c1. The Balaban J connectivity index is 2.18. The molecular formula is C15H20N2O4S. The van der Waals surface area contributed by atoms with Gasteiger partial charge in [-0.25, -0.2) is 13.2 Å². The lowest BCUT2D eigenvalue weighted by atomic mass is 9.99. The Labute approximate surface area is 130 Å². The molecule has 0 saturated heterocycles. The highest BCUT2D eigenvalue weighted by atomic mass is 32.2. The largest absolute Gasteiger partial charge is 0.465 e. The maximum absolute atomic E-state index is 11.9. The number of hydrogen-bond acceptors (Lipinski definition) is 3. The van der Waals surface area contributed by atoms with Gasteiger partial charge >= 0.3 is 6.09 Å². The standard InChI is InChI=1S/C15H20N2O4S/c1-11(2)22(20,21)16-14-5-3-4-13(10-14)12-6-8-17(9-7-12)15(18)19/h3-6,10-11,16H,7-9H2,1-2H3,(H,18,19). The third kappa shape index (κ3) is 3.79. The van der Waals surface area contributed by atoms with E-state index in [0.717, 1.165) is 11.1 Å². The summed E-state index contributed by atoms with van der Waals surface area (Å²) in [5.74, 6) is 0. The number of carboxylic acid groups (broad SMARTS) is 1. The van der Waals surface area contributed by atoms with Gasteiger partial charge in [0, 0.05) is 18.8 Å². The van der Waals surface area contributed by atoms with Gasteiger partial charge in [0.2, 0.25) is 10.0 Å². The summed E-state index contributed by atoms with van der Waals surface area (Å²) in [5.41, 5.74) is 2.46. The zero-order chi connectivity index (χ0) is 16.3. The normalized spacial score (nSPS) is 15.6. The van der Waals surface area contributed by atoms with Crippen molar-refractivity contribution < 1.29 is 18.3 Å². The first kappa shape index (κ1) is 16.4. The molecule has 1 aromatic rings. The van der Waals surface area contributed by atoms with E-state index >= 15 is 0 Å². The molecule has 120 valence electrons. The van der Waals surface area contributed by atoms with Gasteiger partial charge < -0.3 is 10.0 Å². The van der Waals surface area contributed by atoms with Gasteiger partial charge in [-0.1, -0.05) is 18.2 Å². The second kappa shape index (κ2) is 6.39. The molecule has 0 aliphatic carbocycles. The first-order chi connectivity index (χ1) is 10.3. The van der Waals surface area contributed by atoms with Gasteiger partial charge in [-0.3, -0.25) is 4.72 Å². The highest BCUT2D eigenvalue weighted by Gasteiger charge is 2.18. The Hall–Kier alpha value is -2.02. The van der Waals surface area contributed by atoms with Crippen molar-refractivity contribution in [2.45, 2.75) is 25.5 Å². The van der Waals surface area contributed by atoms with Crippen molar-refractivity contribution in [3.63, 3.8) is 0 Å². The van der Waals surface area contributed by atoms with E-state index in [1.807, 2.05) is 12.1 Å². The third-order valence-corrected chi connectivity index (χ3v) is 5.36. The summed E-state index contributed by atoms with van der Waals surface area (Å²) in [6, 6.07) is 7.17. The van der Waals surface area contributed by atoms with Crippen LogP contribution in [0.15, 0.2) is 30.3 Å². The number of nitrogens with one attached hydrogen (secondary N) is 1. The van der Waals surface area contributed by atoms with Crippen LogP contribution >= 0.6 is 0 Å². The summed E-state index contributed by atoms with van der Waals surface area (Å²) in [7, 11) is -3.37. The number of benzene rings is 1. The Morgan fingerprint density at radius 3 is 2.64 bits per heavy atom. The summed E-state index contributed by atoms with van der Waals surface area (Å²) < 4.78 is 26.4. The van der Waals surface area contributed by atoms with Crippen LogP contribution in [-0.4, -0.2) is 42.9 Å². The average Bonchev–Trinajstić information content (AvgIpc) is 2.47. The lowest BCUT2D eigenvalue weighted by Crippen LogP contribution is -2.33. The zero-order valence-electron chi connectivity index (χ0n) is 12.6. The first-order valence-corrected chi connectivity index (χ1v) is 8.63. The van der Waals surface area contributed by atoms with Gasteiger partial charge in [0.05, 0.1) is 5.25 Å². The molecule has 2 rings (SSSR count). The number of carbonyl (C=O) groups is 1. The van der Waals surface area contributed by atoms with Crippen molar-refractivity contribution >= 4 is 27.4 Å². The van der Waals surface area contributed by atoms with E-state index in [4.69, 9.17) is 5.11 Å². The minimum atomic E-state index is -3.37. The number of anilines is 1. The number of nitrogens with zero attached hydrogens (tertiary/aromatic N) is 1. The van der Waals surface area contributed by atoms with Gasteiger partial charge in [0.25, 0.3) is 0 Å². The molecule has 0 unspecified atom stereocenters. The van der Waals surface area contributed by atoms with Gasteiger partial charge in [0.1, 0.15) is 0 Å². The predicted octanol–water partition coefficient (Wildman–Crippen LogP) is 2.60. The van der Waals surface area contributed by atoms with Crippen LogP contribution in [-0.2, 0) is 10.0 Å². The molecule has 6 nitrogen and oxygen atoms in total. The molecule has 0 spiro atoms. The summed E-state index contributed by atoms with van der Waals surface area (Å²) in [4.78, 5) is 12.2. The summed E-state index contributed by atoms with van der Waals surface area (Å²) in [5, 5.41) is 8.43. The number of amides is 1. The van der Waals surface area contributed by atoms with Gasteiger partial charge in [-0.2, -0.15) is 0 Å². The molecule has 7 heteroatoms. The molecule has 1 amide bonds.